The fourth-order valence-electron chi connectivity index (χ4n) is 7.82. The van der Waals surface area contributed by atoms with E-state index in [0.717, 1.165) is 43.4 Å². The SMILES string of the molecule is CO[C@H]1C=C[C@@]2(C)[C@@H](CC[C@@H]3[C@@H]2CC[C@]2(C)[C@@H](OC(=O)Oc4ccccc4)CC[C@@H]32)C1. The first-order valence-corrected chi connectivity index (χ1v) is 12.1. The first-order valence-electron chi connectivity index (χ1n) is 12.1. The monoisotopic (exact) mass is 424 g/mol. The van der Waals surface area contributed by atoms with Gasteiger partial charge in [0.25, 0.3) is 0 Å². The zero-order chi connectivity index (χ0) is 21.6. The van der Waals surface area contributed by atoms with Crippen LogP contribution in [0, 0.1) is 34.5 Å². The molecule has 4 heteroatoms. The second-order valence-corrected chi connectivity index (χ2v) is 10.8. The minimum Gasteiger partial charge on any atom is -0.430 e. The molecule has 1 aromatic carbocycles. The van der Waals surface area contributed by atoms with Gasteiger partial charge < -0.3 is 14.2 Å². The highest BCUT2D eigenvalue weighted by Crippen LogP contribution is 2.65. The number of para-hydroxylation sites is 1. The molecule has 0 amide bonds. The van der Waals surface area contributed by atoms with Crippen LogP contribution in [-0.4, -0.2) is 25.5 Å². The molecular weight excluding hydrogens is 388 g/mol. The lowest BCUT2D eigenvalue weighted by atomic mass is 9.46. The summed E-state index contributed by atoms with van der Waals surface area (Å²) in [5.74, 6) is 3.35. The molecule has 4 aliphatic carbocycles. The summed E-state index contributed by atoms with van der Waals surface area (Å²) in [6.07, 6.45) is 12.7. The molecule has 4 nitrogen and oxygen atoms in total. The van der Waals surface area contributed by atoms with Crippen LogP contribution in [0.2, 0.25) is 0 Å². The number of carbonyl (C=O) groups is 1. The van der Waals surface area contributed by atoms with Crippen molar-refractivity contribution in [2.24, 2.45) is 34.5 Å². The molecule has 0 heterocycles. The zero-order valence-corrected chi connectivity index (χ0v) is 19.1. The number of benzene rings is 1. The van der Waals surface area contributed by atoms with Gasteiger partial charge in [-0.2, -0.15) is 0 Å². The first-order chi connectivity index (χ1) is 14.9. The number of ether oxygens (including phenoxy) is 3. The van der Waals surface area contributed by atoms with Crippen LogP contribution in [0.25, 0.3) is 0 Å². The van der Waals surface area contributed by atoms with E-state index >= 15 is 0 Å². The topological polar surface area (TPSA) is 44.8 Å². The molecule has 0 bridgehead atoms. The van der Waals surface area contributed by atoms with Gasteiger partial charge in [0.05, 0.1) is 6.10 Å². The van der Waals surface area contributed by atoms with E-state index in [1.165, 1.54) is 19.3 Å². The van der Waals surface area contributed by atoms with Gasteiger partial charge in [-0.05, 0) is 86.2 Å². The van der Waals surface area contributed by atoms with E-state index in [9.17, 15) is 4.79 Å². The Labute approximate surface area is 186 Å². The van der Waals surface area contributed by atoms with Gasteiger partial charge in [0, 0.05) is 12.5 Å². The van der Waals surface area contributed by atoms with E-state index in [-0.39, 0.29) is 23.0 Å². The average molecular weight is 425 g/mol. The smallest absolute Gasteiger partial charge is 0.430 e. The Balaban J connectivity index is 1.30. The maximum atomic E-state index is 12.5. The minimum absolute atomic E-state index is 0.0417. The summed E-state index contributed by atoms with van der Waals surface area (Å²) in [6, 6.07) is 9.21. The number of hydrogen-bond acceptors (Lipinski definition) is 4. The molecule has 31 heavy (non-hydrogen) atoms. The third kappa shape index (κ3) is 3.51. The van der Waals surface area contributed by atoms with Crippen LogP contribution in [0.3, 0.4) is 0 Å². The summed E-state index contributed by atoms with van der Waals surface area (Å²) in [4.78, 5) is 12.5. The largest absolute Gasteiger partial charge is 0.514 e. The van der Waals surface area contributed by atoms with Crippen molar-refractivity contribution in [1.29, 1.82) is 0 Å². The third-order valence-electron chi connectivity index (χ3n) is 9.55. The van der Waals surface area contributed by atoms with Crippen molar-refractivity contribution >= 4 is 6.16 Å². The summed E-state index contributed by atoms with van der Waals surface area (Å²) in [7, 11) is 1.83. The Morgan fingerprint density at radius 1 is 1.00 bits per heavy atom. The maximum absolute atomic E-state index is 12.5. The van der Waals surface area contributed by atoms with Crippen LogP contribution < -0.4 is 4.74 Å². The molecule has 3 saturated carbocycles. The number of methoxy groups -OCH3 is 1. The van der Waals surface area contributed by atoms with Gasteiger partial charge in [-0.15, -0.1) is 0 Å². The molecule has 0 aliphatic heterocycles. The fraction of sp³-hybridized carbons (Fsp3) is 0.667. The Morgan fingerprint density at radius 3 is 2.58 bits per heavy atom. The van der Waals surface area contributed by atoms with Crippen molar-refractivity contribution in [3.05, 3.63) is 42.5 Å². The molecule has 8 atom stereocenters. The van der Waals surface area contributed by atoms with Crippen LogP contribution >= 0.6 is 0 Å². The first kappa shape index (κ1) is 21.1. The summed E-state index contributed by atoms with van der Waals surface area (Å²) < 4.78 is 17.0. The van der Waals surface area contributed by atoms with Gasteiger partial charge in [0.2, 0.25) is 0 Å². The highest BCUT2D eigenvalue weighted by atomic mass is 16.7. The van der Waals surface area contributed by atoms with Crippen molar-refractivity contribution in [3.63, 3.8) is 0 Å². The molecule has 5 rings (SSSR count). The number of fused-ring (bicyclic) bond motifs is 5. The predicted octanol–water partition coefficient (Wildman–Crippen LogP) is 6.40. The van der Waals surface area contributed by atoms with Gasteiger partial charge in [-0.3, -0.25) is 0 Å². The number of hydrogen-bond donors (Lipinski definition) is 0. The van der Waals surface area contributed by atoms with E-state index in [2.05, 4.69) is 26.0 Å². The van der Waals surface area contributed by atoms with E-state index < -0.39 is 6.16 Å². The van der Waals surface area contributed by atoms with Crippen molar-refractivity contribution in [1.82, 2.24) is 0 Å². The van der Waals surface area contributed by atoms with Gasteiger partial charge in [0.1, 0.15) is 11.9 Å². The predicted molar refractivity (Wildman–Crippen MR) is 120 cm³/mol. The maximum Gasteiger partial charge on any atom is 0.514 e. The molecule has 0 N–H and O–H groups in total. The fourth-order valence-corrected chi connectivity index (χ4v) is 7.82. The van der Waals surface area contributed by atoms with Crippen LogP contribution in [0.5, 0.6) is 5.75 Å². The number of allylic oxidation sites excluding steroid dienone is 1. The Bertz CT molecular complexity index is 835. The lowest BCUT2D eigenvalue weighted by Crippen LogP contribution is -2.53. The van der Waals surface area contributed by atoms with Gasteiger partial charge in [-0.1, -0.05) is 44.2 Å². The van der Waals surface area contributed by atoms with Gasteiger partial charge >= 0.3 is 6.16 Å². The van der Waals surface area contributed by atoms with E-state index in [1.54, 1.807) is 12.1 Å². The average Bonchev–Trinajstić information content (AvgIpc) is 3.10. The van der Waals surface area contributed by atoms with Crippen LogP contribution in [0.4, 0.5) is 4.79 Å². The molecule has 1 aromatic rings. The molecule has 0 unspecified atom stereocenters. The molecule has 0 aromatic heterocycles. The lowest BCUT2D eigenvalue weighted by Gasteiger charge is -2.59. The Morgan fingerprint density at radius 2 is 1.81 bits per heavy atom. The van der Waals surface area contributed by atoms with Crippen LogP contribution in [-0.2, 0) is 9.47 Å². The molecule has 3 fully saturated rings. The standard InChI is InChI=1S/C27H36O4/c1-26-15-13-20(29-3)17-18(26)9-10-21-22-11-12-24(27(22,2)16-14-23(21)26)31-25(28)30-19-7-5-4-6-8-19/h4-8,13,15,18,20-24H,9-12,14,16-17H2,1-3H3/t18-,20-,21-,22-,23-,24-,26-,27-/m0/s1. The number of carbonyl (C=O) groups excluding carboxylic acids is 1. The quantitative estimate of drug-likeness (QED) is 0.320. The summed E-state index contributed by atoms with van der Waals surface area (Å²) >= 11 is 0. The van der Waals surface area contributed by atoms with E-state index in [1.807, 2.05) is 25.3 Å². The normalized spacial score (nSPS) is 43.5. The van der Waals surface area contributed by atoms with E-state index in [0.29, 0.717) is 11.7 Å². The summed E-state index contributed by atoms with van der Waals surface area (Å²) in [5.41, 5.74) is 0.345. The van der Waals surface area contributed by atoms with Crippen molar-refractivity contribution in [3.8, 4) is 5.75 Å². The highest BCUT2D eigenvalue weighted by Gasteiger charge is 2.60. The van der Waals surface area contributed by atoms with Gasteiger partial charge in [-0.25, -0.2) is 4.79 Å². The van der Waals surface area contributed by atoms with Gasteiger partial charge in [0.15, 0.2) is 0 Å². The molecule has 0 spiro atoms. The third-order valence-corrected chi connectivity index (χ3v) is 9.55. The highest BCUT2D eigenvalue weighted by molar-refractivity contribution is 5.64. The number of rotatable bonds is 3. The summed E-state index contributed by atoms with van der Waals surface area (Å²) in [5, 5.41) is 0. The van der Waals surface area contributed by atoms with Crippen LogP contribution in [0.1, 0.15) is 58.8 Å². The molecule has 4 aliphatic rings. The Kier molecular flexibility index (Phi) is 5.40. The molecule has 0 radical (unpaired) electrons. The van der Waals surface area contributed by atoms with Crippen molar-refractivity contribution in [2.45, 2.75) is 71.0 Å². The summed E-state index contributed by atoms with van der Waals surface area (Å²) in [6.45, 7) is 4.87. The minimum atomic E-state index is -0.559. The second kappa shape index (κ2) is 7.95. The van der Waals surface area contributed by atoms with E-state index in [4.69, 9.17) is 14.2 Å². The van der Waals surface area contributed by atoms with Crippen molar-refractivity contribution in [2.75, 3.05) is 7.11 Å². The van der Waals surface area contributed by atoms with Crippen molar-refractivity contribution < 1.29 is 19.0 Å². The second-order valence-electron chi connectivity index (χ2n) is 10.8. The molecule has 0 saturated heterocycles. The molecule has 168 valence electrons. The lowest BCUT2D eigenvalue weighted by molar-refractivity contribution is -0.105. The molecular formula is C27H36O4. The van der Waals surface area contributed by atoms with Crippen LogP contribution in [0.15, 0.2) is 42.5 Å². The zero-order valence-electron chi connectivity index (χ0n) is 19.1. The Hall–Kier alpha value is -1.81.